The van der Waals surface area contributed by atoms with E-state index in [1.54, 1.807) is 0 Å². The summed E-state index contributed by atoms with van der Waals surface area (Å²) in [7, 11) is 0. The fourth-order valence-corrected chi connectivity index (χ4v) is 1.47. The van der Waals surface area contributed by atoms with Gasteiger partial charge in [-0.15, -0.1) is 0 Å². The lowest BCUT2D eigenvalue weighted by atomic mass is 10.0. The first-order valence-electron chi connectivity index (χ1n) is 5.72. The average molecular weight is 216 g/mol. The topological polar surface area (TPSA) is 61.4 Å². The van der Waals surface area contributed by atoms with Crippen molar-refractivity contribution in [3.05, 3.63) is 0 Å². The summed E-state index contributed by atoms with van der Waals surface area (Å²) in [6, 6.07) is 0.296. The highest BCUT2D eigenvalue weighted by molar-refractivity contribution is 5.75. The highest BCUT2D eigenvalue weighted by atomic mass is 16.3. The van der Waals surface area contributed by atoms with Crippen molar-refractivity contribution in [3.8, 4) is 0 Å². The molecule has 0 bridgehead atoms. The largest absolute Gasteiger partial charge is 0.396 e. The van der Waals surface area contributed by atoms with Gasteiger partial charge in [0.05, 0.1) is 0 Å². The molecule has 0 aliphatic heterocycles. The molecular formula is C11H24N2O2. The Labute approximate surface area is 92.4 Å². The van der Waals surface area contributed by atoms with Crippen LogP contribution in [0.15, 0.2) is 0 Å². The van der Waals surface area contributed by atoms with E-state index in [0.29, 0.717) is 31.5 Å². The van der Waals surface area contributed by atoms with Crippen LogP contribution >= 0.6 is 0 Å². The second-order valence-electron chi connectivity index (χ2n) is 4.02. The van der Waals surface area contributed by atoms with Crippen molar-refractivity contribution >= 4 is 5.91 Å². The molecule has 1 amide bonds. The van der Waals surface area contributed by atoms with Gasteiger partial charge in [0.2, 0.25) is 5.91 Å². The van der Waals surface area contributed by atoms with Crippen molar-refractivity contribution in [2.45, 2.75) is 39.7 Å². The molecule has 0 aromatic heterocycles. The molecule has 0 saturated heterocycles. The molecule has 0 aliphatic rings. The van der Waals surface area contributed by atoms with Gasteiger partial charge in [-0.05, 0) is 19.3 Å². The molecular weight excluding hydrogens is 192 g/mol. The monoisotopic (exact) mass is 216 g/mol. The molecule has 15 heavy (non-hydrogen) atoms. The van der Waals surface area contributed by atoms with E-state index in [0.717, 1.165) is 6.42 Å². The van der Waals surface area contributed by atoms with Crippen molar-refractivity contribution < 1.29 is 9.90 Å². The quantitative estimate of drug-likeness (QED) is 0.554. The minimum Gasteiger partial charge on any atom is -0.396 e. The van der Waals surface area contributed by atoms with Crippen molar-refractivity contribution in [1.82, 2.24) is 10.6 Å². The molecule has 4 heteroatoms. The molecule has 3 N–H and O–H groups in total. The summed E-state index contributed by atoms with van der Waals surface area (Å²) >= 11 is 0. The Kier molecular flexibility index (Phi) is 8.33. The standard InChI is InChI=1S/C11H24N2O2/c1-4-12-11(15)5-7-13-10(6-8-14)9(2)3/h9-10,13-14H,4-8H2,1-3H3,(H,12,15). The third kappa shape index (κ3) is 7.33. The third-order valence-corrected chi connectivity index (χ3v) is 2.38. The van der Waals surface area contributed by atoms with Crippen LogP contribution in [0.25, 0.3) is 0 Å². The van der Waals surface area contributed by atoms with Crippen molar-refractivity contribution in [2.24, 2.45) is 5.92 Å². The van der Waals surface area contributed by atoms with Crippen LogP contribution in [0.2, 0.25) is 0 Å². The van der Waals surface area contributed by atoms with Gasteiger partial charge >= 0.3 is 0 Å². The molecule has 0 spiro atoms. The smallest absolute Gasteiger partial charge is 0.221 e. The third-order valence-electron chi connectivity index (χ3n) is 2.38. The number of carbonyl (C=O) groups is 1. The molecule has 1 atom stereocenters. The SMILES string of the molecule is CCNC(=O)CCNC(CCO)C(C)C. The van der Waals surface area contributed by atoms with Crippen LogP contribution in [0.1, 0.15) is 33.6 Å². The Morgan fingerprint density at radius 3 is 2.53 bits per heavy atom. The van der Waals surface area contributed by atoms with E-state index in [1.165, 1.54) is 0 Å². The fraction of sp³-hybridized carbons (Fsp3) is 0.909. The fourth-order valence-electron chi connectivity index (χ4n) is 1.47. The second kappa shape index (κ2) is 8.68. The van der Waals surface area contributed by atoms with E-state index in [1.807, 2.05) is 6.92 Å². The van der Waals surface area contributed by atoms with Crippen LogP contribution in [0.3, 0.4) is 0 Å². The zero-order valence-electron chi connectivity index (χ0n) is 10.0. The minimum atomic E-state index is 0.0801. The highest BCUT2D eigenvalue weighted by Crippen LogP contribution is 2.05. The molecule has 90 valence electrons. The summed E-state index contributed by atoms with van der Waals surface area (Å²) in [6.45, 7) is 7.68. The van der Waals surface area contributed by atoms with E-state index in [4.69, 9.17) is 5.11 Å². The first kappa shape index (κ1) is 14.4. The number of carbonyl (C=O) groups excluding carboxylic acids is 1. The maximum Gasteiger partial charge on any atom is 0.221 e. The van der Waals surface area contributed by atoms with Gasteiger partial charge in [0, 0.05) is 32.2 Å². The van der Waals surface area contributed by atoms with Gasteiger partial charge in [-0.3, -0.25) is 4.79 Å². The Hall–Kier alpha value is -0.610. The number of rotatable bonds is 8. The number of amides is 1. The molecule has 0 aromatic rings. The summed E-state index contributed by atoms with van der Waals surface area (Å²) in [5.74, 6) is 0.558. The predicted molar refractivity (Wildman–Crippen MR) is 61.6 cm³/mol. The van der Waals surface area contributed by atoms with Gasteiger partial charge in [0.25, 0.3) is 0 Å². The normalized spacial score (nSPS) is 12.9. The summed E-state index contributed by atoms with van der Waals surface area (Å²) in [5, 5.41) is 14.9. The lowest BCUT2D eigenvalue weighted by Crippen LogP contribution is -2.37. The highest BCUT2D eigenvalue weighted by Gasteiger charge is 2.11. The number of hydrogen-bond acceptors (Lipinski definition) is 3. The molecule has 0 radical (unpaired) electrons. The van der Waals surface area contributed by atoms with Crippen molar-refractivity contribution in [3.63, 3.8) is 0 Å². The average Bonchev–Trinajstić information content (AvgIpc) is 2.16. The summed E-state index contributed by atoms with van der Waals surface area (Å²) in [6.07, 6.45) is 1.25. The van der Waals surface area contributed by atoms with Crippen LogP contribution in [0.5, 0.6) is 0 Å². The number of aliphatic hydroxyl groups is 1. The van der Waals surface area contributed by atoms with Gasteiger partial charge in [0.1, 0.15) is 0 Å². The van der Waals surface area contributed by atoms with Gasteiger partial charge in [0.15, 0.2) is 0 Å². The van der Waals surface area contributed by atoms with E-state index < -0.39 is 0 Å². The Balaban J connectivity index is 3.66. The van der Waals surface area contributed by atoms with E-state index in [9.17, 15) is 4.79 Å². The van der Waals surface area contributed by atoms with E-state index in [-0.39, 0.29) is 12.5 Å². The molecule has 0 aliphatic carbocycles. The molecule has 0 rings (SSSR count). The molecule has 0 heterocycles. The van der Waals surface area contributed by atoms with Gasteiger partial charge in [-0.2, -0.15) is 0 Å². The number of aliphatic hydroxyl groups excluding tert-OH is 1. The Morgan fingerprint density at radius 1 is 1.40 bits per heavy atom. The van der Waals surface area contributed by atoms with Crippen LogP contribution in [0.4, 0.5) is 0 Å². The lowest BCUT2D eigenvalue weighted by molar-refractivity contribution is -0.120. The molecule has 4 nitrogen and oxygen atoms in total. The Morgan fingerprint density at radius 2 is 2.07 bits per heavy atom. The van der Waals surface area contributed by atoms with Crippen LogP contribution in [0, 0.1) is 5.92 Å². The summed E-state index contributed by atoms with van der Waals surface area (Å²) < 4.78 is 0. The van der Waals surface area contributed by atoms with Crippen LogP contribution in [-0.2, 0) is 4.79 Å². The molecule has 0 aromatic carbocycles. The predicted octanol–water partition coefficient (Wildman–Crippen LogP) is 0.509. The second-order valence-corrected chi connectivity index (χ2v) is 4.02. The van der Waals surface area contributed by atoms with E-state index in [2.05, 4.69) is 24.5 Å². The number of hydrogen-bond donors (Lipinski definition) is 3. The zero-order chi connectivity index (χ0) is 11.7. The maximum atomic E-state index is 11.2. The zero-order valence-corrected chi connectivity index (χ0v) is 10.0. The first-order chi connectivity index (χ1) is 7.11. The number of nitrogens with one attached hydrogen (secondary N) is 2. The van der Waals surface area contributed by atoms with E-state index >= 15 is 0 Å². The summed E-state index contributed by atoms with van der Waals surface area (Å²) in [5.41, 5.74) is 0. The minimum absolute atomic E-state index is 0.0801. The van der Waals surface area contributed by atoms with Gasteiger partial charge in [-0.25, -0.2) is 0 Å². The molecule has 1 unspecified atom stereocenters. The van der Waals surface area contributed by atoms with Crippen molar-refractivity contribution in [1.29, 1.82) is 0 Å². The van der Waals surface area contributed by atoms with Crippen molar-refractivity contribution in [2.75, 3.05) is 19.7 Å². The molecule has 0 fully saturated rings. The summed E-state index contributed by atoms with van der Waals surface area (Å²) in [4.78, 5) is 11.2. The van der Waals surface area contributed by atoms with Gasteiger partial charge < -0.3 is 15.7 Å². The maximum absolute atomic E-state index is 11.2. The van der Waals surface area contributed by atoms with Gasteiger partial charge in [-0.1, -0.05) is 13.8 Å². The molecule has 0 saturated carbocycles. The van der Waals surface area contributed by atoms with Crippen LogP contribution in [-0.4, -0.2) is 36.8 Å². The Bertz CT molecular complexity index is 172. The first-order valence-corrected chi connectivity index (χ1v) is 5.72. The van der Waals surface area contributed by atoms with Crippen LogP contribution < -0.4 is 10.6 Å². The lowest BCUT2D eigenvalue weighted by Gasteiger charge is -2.21.